The van der Waals surface area contributed by atoms with Crippen LogP contribution >= 0.6 is 11.6 Å². The minimum atomic E-state index is -1.11. The molecule has 0 atom stereocenters. The summed E-state index contributed by atoms with van der Waals surface area (Å²) in [6.07, 6.45) is 5.58. The molecule has 1 rings (SSSR count). The Balaban J connectivity index is 2.99. The van der Waals surface area contributed by atoms with Gasteiger partial charge in [-0.2, -0.15) is 0 Å². The lowest BCUT2D eigenvalue weighted by Gasteiger charge is -1.98. The molecule has 84 valence electrons. The Labute approximate surface area is 97.7 Å². The summed E-state index contributed by atoms with van der Waals surface area (Å²) in [4.78, 5) is 10.3. The Kier molecular flexibility index (Phi) is 4.73. The standard InChI is InChI=1S/C12H10ClFO2/c13-7-1-2-9-3-5-11(14)10(8-9)4-6-12(15)16/h1-6,8H,7H2,(H,15,16)/b2-1?,6-4+. The summed E-state index contributed by atoms with van der Waals surface area (Å²) >= 11 is 5.47. The smallest absolute Gasteiger partial charge is 0.328 e. The van der Waals surface area contributed by atoms with E-state index in [-0.39, 0.29) is 5.56 Å². The minimum Gasteiger partial charge on any atom is -0.478 e. The number of carboxylic acids is 1. The molecule has 1 N–H and O–H groups in total. The van der Waals surface area contributed by atoms with E-state index in [1.165, 1.54) is 12.1 Å². The first-order valence-corrected chi connectivity index (χ1v) is 5.10. The first-order chi connectivity index (χ1) is 7.63. The zero-order chi connectivity index (χ0) is 12.0. The van der Waals surface area contributed by atoms with Crippen molar-refractivity contribution in [3.8, 4) is 0 Å². The Morgan fingerprint density at radius 1 is 1.44 bits per heavy atom. The van der Waals surface area contributed by atoms with Crippen LogP contribution < -0.4 is 0 Å². The molecular weight excluding hydrogens is 231 g/mol. The van der Waals surface area contributed by atoms with Crippen molar-refractivity contribution >= 4 is 29.7 Å². The molecule has 0 aliphatic carbocycles. The van der Waals surface area contributed by atoms with Crippen molar-refractivity contribution in [3.63, 3.8) is 0 Å². The number of hydrogen-bond acceptors (Lipinski definition) is 1. The van der Waals surface area contributed by atoms with E-state index < -0.39 is 11.8 Å². The fourth-order valence-corrected chi connectivity index (χ4v) is 1.22. The van der Waals surface area contributed by atoms with Gasteiger partial charge >= 0.3 is 5.97 Å². The van der Waals surface area contributed by atoms with E-state index >= 15 is 0 Å². The molecule has 0 fully saturated rings. The van der Waals surface area contributed by atoms with Crippen molar-refractivity contribution in [2.75, 3.05) is 5.88 Å². The molecule has 4 heteroatoms. The highest BCUT2D eigenvalue weighted by molar-refractivity contribution is 6.19. The normalized spacial score (nSPS) is 11.4. The second kappa shape index (κ2) is 6.08. The SMILES string of the molecule is O=C(O)/C=C/c1cc(C=CCCl)ccc1F. The predicted molar refractivity (Wildman–Crippen MR) is 62.8 cm³/mol. The Bertz CT molecular complexity index is 439. The van der Waals surface area contributed by atoms with E-state index in [0.717, 1.165) is 11.6 Å². The van der Waals surface area contributed by atoms with Gasteiger partial charge in [0.05, 0.1) is 0 Å². The molecule has 0 heterocycles. The number of halogens is 2. The summed E-state index contributed by atoms with van der Waals surface area (Å²) in [5, 5.41) is 8.44. The van der Waals surface area contributed by atoms with Gasteiger partial charge in [0, 0.05) is 17.5 Å². The van der Waals surface area contributed by atoms with Gasteiger partial charge in [-0.3, -0.25) is 0 Å². The van der Waals surface area contributed by atoms with Crippen molar-refractivity contribution in [3.05, 3.63) is 47.3 Å². The lowest BCUT2D eigenvalue weighted by Crippen LogP contribution is -1.88. The molecule has 0 saturated heterocycles. The van der Waals surface area contributed by atoms with Gasteiger partial charge in [-0.25, -0.2) is 9.18 Å². The van der Waals surface area contributed by atoms with Crippen LogP contribution in [-0.2, 0) is 4.79 Å². The van der Waals surface area contributed by atoms with Crippen molar-refractivity contribution in [2.24, 2.45) is 0 Å². The van der Waals surface area contributed by atoms with Crippen LogP contribution in [0, 0.1) is 5.82 Å². The summed E-state index contributed by atoms with van der Waals surface area (Å²) in [7, 11) is 0. The third-order valence-electron chi connectivity index (χ3n) is 1.82. The first kappa shape index (κ1) is 12.5. The van der Waals surface area contributed by atoms with E-state index in [0.29, 0.717) is 5.88 Å². The van der Waals surface area contributed by atoms with Gasteiger partial charge in [0.2, 0.25) is 0 Å². The number of allylic oxidation sites excluding steroid dienone is 1. The monoisotopic (exact) mass is 240 g/mol. The van der Waals surface area contributed by atoms with Crippen LogP contribution in [0.1, 0.15) is 11.1 Å². The Morgan fingerprint density at radius 3 is 2.81 bits per heavy atom. The molecular formula is C12H10ClFO2. The Morgan fingerprint density at radius 2 is 2.19 bits per heavy atom. The van der Waals surface area contributed by atoms with Crippen LogP contribution in [0.25, 0.3) is 12.2 Å². The molecule has 0 spiro atoms. The van der Waals surface area contributed by atoms with E-state index in [2.05, 4.69) is 0 Å². The zero-order valence-electron chi connectivity index (χ0n) is 8.36. The molecule has 1 aromatic rings. The van der Waals surface area contributed by atoms with Gasteiger partial charge in [-0.1, -0.05) is 18.2 Å². The van der Waals surface area contributed by atoms with Crippen molar-refractivity contribution < 1.29 is 14.3 Å². The molecule has 0 saturated carbocycles. The number of hydrogen-bond donors (Lipinski definition) is 1. The minimum absolute atomic E-state index is 0.235. The predicted octanol–water partition coefficient (Wildman–Crippen LogP) is 3.18. The van der Waals surface area contributed by atoms with E-state index in [1.807, 2.05) is 0 Å². The zero-order valence-corrected chi connectivity index (χ0v) is 9.12. The van der Waals surface area contributed by atoms with Gasteiger partial charge in [-0.15, -0.1) is 11.6 Å². The maximum atomic E-state index is 13.2. The molecule has 2 nitrogen and oxygen atoms in total. The molecule has 1 aromatic carbocycles. The first-order valence-electron chi connectivity index (χ1n) is 4.56. The maximum Gasteiger partial charge on any atom is 0.328 e. The summed E-state index contributed by atoms with van der Waals surface area (Å²) in [5.41, 5.74) is 1.01. The summed E-state index contributed by atoms with van der Waals surface area (Å²) in [6.45, 7) is 0. The van der Waals surface area contributed by atoms with Crippen molar-refractivity contribution in [1.29, 1.82) is 0 Å². The highest BCUT2D eigenvalue weighted by Crippen LogP contribution is 2.13. The molecule has 0 radical (unpaired) electrons. The molecule has 0 aliphatic rings. The van der Waals surface area contributed by atoms with Gasteiger partial charge in [-0.05, 0) is 23.8 Å². The fraction of sp³-hybridized carbons (Fsp3) is 0.0833. The second-order valence-electron chi connectivity index (χ2n) is 3.01. The number of benzene rings is 1. The van der Waals surface area contributed by atoms with Gasteiger partial charge < -0.3 is 5.11 Å². The van der Waals surface area contributed by atoms with Crippen molar-refractivity contribution in [1.82, 2.24) is 0 Å². The van der Waals surface area contributed by atoms with Crippen molar-refractivity contribution in [2.45, 2.75) is 0 Å². The third-order valence-corrected chi connectivity index (χ3v) is 2.00. The van der Waals surface area contributed by atoms with Gasteiger partial charge in [0.15, 0.2) is 0 Å². The highest BCUT2D eigenvalue weighted by Gasteiger charge is 1.99. The van der Waals surface area contributed by atoms with Crippen LogP contribution in [0.4, 0.5) is 4.39 Å². The lowest BCUT2D eigenvalue weighted by atomic mass is 10.1. The summed E-state index contributed by atoms with van der Waals surface area (Å²) in [5.74, 6) is -1.20. The van der Waals surface area contributed by atoms with E-state index in [4.69, 9.17) is 16.7 Å². The quantitative estimate of drug-likeness (QED) is 0.648. The molecule has 0 amide bonds. The third kappa shape index (κ3) is 3.87. The van der Waals surface area contributed by atoms with E-state index in [1.54, 1.807) is 24.3 Å². The molecule has 0 aromatic heterocycles. The average Bonchev–Trinajstić information content (AvgIpc) is 2.26. The number of carbonyl (C=O) groups is 1. The largest absolute Gasteiger partial charge is 0.478 e. The van der Waals surface area contributed by atoms with Crippen LogP contribution in [0.15, 0.2) is 30.4 Å². The maximum absolute atomic E-state index is 13.2. The molecule has 0 aliphatic heterocycles. The molecule has 0 bridgehead atoms. The van der Waals surface area contributed by atoms with E-state index in [9.17, 15) is 9.18 Å². The average molecular weight is 241 g/mol. The number of alkyl halides is 1. The topological polar surface area (TPSA) is 37.3 Å². The Hall–Kier alpha value is -1.61. The molecule has 0 unspecified atom stereocenters. The van der Waals surface area contributed by atoms with Gasteiger partial charge in [0.25, 0.3) is 0 Å². The number of carboxylic acid groups (broad SMARTS) is 1. The fourth-order valence-electron chi connectivity index (χ4n) is 1.14. The van der Waals surface area contributed by atoms with Crippen LogP contribution in [0.2, 0.25) is 0 Å². The lowest BCUT2D eigenvalue weighted by molar-refractivity contribution is -0.131. The molecule has 16 heavy (non-hydrogen) atoms. The summed E-state index contributed by atoms with van der Waals surface area (Å²) in [6, 6.07) is 4.43. The number of aliphatic carboxylic acids is 1. The van der Waals surface area contributed by atoms with Gasteiger partial charge in [0.1, 0.15) is 5.82 Å². The van der Waals surface area contributed by atoms with Crippen LogP contribution in [0.5, 0.6) is 0 Å². The second-order valence-corrected chi connectivity index (χ2v) is 3.32. The number of rotatable bonds is 4. The van der Waals surface area contributed by atoms with Crippen LogP contribution in [-0.4, -0.2) is 17.0 Å². The highest BCUT2D eigenvalue weighted by atomic mass is 35.5. The summed E-state index contributed by atoms with van der Waals surface area (Å²) < 4.78 is 13.2. The van der Waals surface area contributed by atoms with Crippen LogP contribution in [0.3, 0.4) is 0 Å².